The fourth-order valence-corrected chi connectivity index (χ4v) is 3.13. The van der Waals surface area contributed by atoms with E-state index in [4.69, 9.17) is 21.1 Å². The second-order valence-electron chi connectivity index (χ2n) is 6.36. The minimum absolute atomic E-state index is 0.277. The first kappa shape index (κ1) is 18.4. The second-order valence-corrected chi connectivity index (χ2v) is 13.1. The number of halogens is 2. The van der Waals surface area contributed by atoms with Crippen molar-refractivity contribution >= 4 is 35.6 Å². The molecule has 1 aromatic carbocycles. The van der Waals surface area contributed by atoms with E-state index >= 15 is 0 Å². The number of ether oxygens (including phenoxy) is 2. The molecule has 0 aliphatic rings. The second kappa shape index (κ2) is 8.28. The predicted molar refractivity (Wildman–Crippen MR) is 97.6 cm³/mol. The number of nitrogens with zero attached hydrogens (tertiary/aromatic N) is 3. The molecular weight excluding hydrogens is 398 g/mol. The van der Waals surface area contributed by atoms with Crippen molar-refractivity contribution in [3.63, 3.8) is 0 Å². The molecule has 1 heterocycles. The highest BCUT2D eigenvalue weighted by molar-refractivity contribution is 9.10. The van der Waals surface area contributed by atoms with Crippen molar-refractivity contribution in [1.82, 2.24) is 14.8 Å². The van der Waals surface area contributed by atoms with Gasteiger partial charge in [0.15, 0.2) is 5.82 Å². The average molecular weight is 419 g/mol. The number of para-hydroxylation sites is 1. The number of hydrogen-bond acceptors (Lipinski definition) is 4. The lowest BCUT2D eigenvalue weighted by Crippen LogP contribution is -2.22. The lowest BCUT2D eigenvalue weighted by molar-refractivity contribution is 0.0732. The van der Waals surface area contributed by atoms with E-state index in [1.807, 2.05) is 18.2 Å². The van der Waals surface area contributed by atoms with Gasteiger partial charge in [-0.2, -0.15) is 0 Å². The fourth-order valence-electron chi connectivity index (χ4n) is 1.79. The smallest absolute Gasteiger partial charge is 0.217 e. The molecule has 23 heavy (non-hydrogen) atoms. The van der Waals surface area contributed by atoms with Crippen molar-refractivity contribution in [2.24, 2.45) is 0 Å². The van der Waals surface area contributed by atoms with Crippen molar-refractivity contribution in [2.45, 2.75) is 39.0 Å². The molecule has 0 saturated carbocycles. The van der Waals surface area contributed by atoms with Gasteiger partial charge in [0.25, 0.3) is 0 Å². The highest BCUT2D eigenvalue weighted by Gasteiger charge is 2.13. The van der Waals surface area contributed by atoms with Crippen LogP contribution in [0.15, 0.2) is 29.0 Å². The van der Waals surface area contributed by atoms with Gasteiger partial charge in [-0.3, -0.25) is 0 Å². The molecule has 0 spiro atoms. The molecule has 0 N–H and O–H groups in total. The number of rotatable bonds is 8. The first-order valence-corrected chi connectivity index (χ1v) is 12.3. The van der Waals surface area contributed by atoms with E-state index in [0.717, 1.165) is 12.7 Å². The van der Waals surface area contributed by atoms with Gasteiger partial charge in [-0.25, -0.2) is 9.67 Å². The maximum Gasteiger partial charge on any atom is 0.217 e. The standard InChI is InChI=1S/C15H21BrClN3O2Si/c1-23(2,3)9-8-21-11-20-14(18-15(16)19-20)10-22-13-7-5-4-6-12(13)17/h4-7H,8-11H2,1-3H3. The third-order valence-corrected chi connectivity index (χ3v) is 5.48. The third kappa shape index (κ3) is 6.25. The van der Waals surface area contributed by atoms with E-state index in [2.05, 4.69) is 45.7 Å². The zero-order valence-electron chi connectivity index (χ0n) is 13.6. The summed E-state index contributed by atoms with van der Waals surface area (Å²) in [5.74, 6) is 1.31. The van der Waals surface area contributed by atoms with Crippen LogP contribution in [-0.2, 0) is 18.1 Å². The van der Waals surface area contributed by atoms with Gasteiger partial charge in [-0.1, -0.05) is 43.4 Å². The summed E-state index contributed by atoms with van der Waals surface area (Å²) in [6.07, 6.45) is 0. The third-order valence-electron chi connectivity index (χ3n) is 3.13. The van der Waals surface area contributed by atoms with Crippen LogP contribution in [-0.4, -0.2) is 29.4 Å². The predicted octanol–water partition coefficient (Wildman–Crippen LogP) is 4.59. The molecule has 1 aromatic heterocycles. The topological polar surface area (TPSA) is 49.2 Å². The number of benzene rings is 1. The summed E-state index contributed by atoms with van der Waals surface area (Å²) >= 11 is 9.37. The summed E-state index contributed by atoms with van der Waals surface area (Å²) in [5.41, 5.74) is 0. The molecule has 2 aromatic rings. The Morgan fingerprint density at radius 1 is 1.26 bits per heavy atom. The van der Waals surface area contributed by atoms with E-state index in [-0.39, 0.29) is 6.61 Å². The van der Waals surface area contributed by atoms with Crippen LogP contribution < -0.4 is 4.74 Å². The normalized spacial score (nSPS) is 11.7. The van der Waals surface area contributed by atoms with Gasteiger partial charge in [-0.05, 0) is 34.1 Å². The van der Waals surface area contributed by atoms with Gasteiger partial charge in [0.2, 0.25) is 4.73 Å². The lowest BCUT2D eigenvalue weighted by Gasteiger charge is -2.15. The monoisotopic (exact) mass is 417 g/mol. The summed E-state index contributed by atoms with van der Waals surface area (Å²) in [7, 11) is -1.09. The largest absolute Gasteiger partial charge is 0.484 e. The van der Waals surface area contributed by atoms with Gasteiger partial charge in [0, 0.05) is 14.7 Å². The van der Waals surface area contributed by atoms with Crippen LogP contribution in [0.1, 0.15) is 5.82 Å². The number of hydrogen-bond donors (Lipinski definition) is 0. The molecule has 0 aliphatic carbocycles. The van der Waals surface area contributed by atoms with E-state index in [1.54, 1.807) is 10.7 Å². The van der Waals surface area contributed by atoms with Crippen molar-refractivity contribution in [1.29, 1.82) is 0 Å². The van der Waals surface area contributed by atoms with Crippen molar-refractivity contribution in [2.75, 3.05) is 6.61 Å². The Morgan fingerprint density at radius 3 is 2.70 bits per heavy atom. The zero-order valence-corrected chi connectivity index (χ0v) is 16.9. The zero-order chi connectivity index (χ0) is 16.9. The van der Waals surface area contributed by atoms with Gasteiger partial charge in [0.05, 0.1) is 5.02 Å². The molecule has 126 valence electrons. The summed E-state index contributed by atoms with van der Waals surface area (Å²) < 4.78 is 13.6. The Balaban J connectivity index is 1.91. The molecule has 0 aliphatic heterocycles. The van der Waals surface area contributed by atoms with Gasteiger partial charge < -0.3 is 9.47 Å². The minimum atomic E-state index is -1.09. The Labute approximate surface area is 151 Å². The van der Waals surface area contributed by atoms with E-state index < -0.39 is 8.07 Å². The Morgan fingerprint density at radius 2 is 2.00 bits per heavy atom. The quantitative estimate of drug-likeness (QED) is 0.465. The minimum Gasteiger partial charge on any atom is -0.484 e. The van der Waals surface area contributed by atoms with Crippen LogP contribution in [0.25, 0.3) is 0 Å². The molecule has 0 radical (unpaired) electrons. The Hall–Kier alpha value is -0.893. The molecular formula is C15H21BrClN3O2Si. The van der Waals surface area contributed by atoms with E-state index in [1.165, 1.54) is 0 Å². The van der Waals surface area contributed by atoms with Gasteiger partial charge in [-0.15, -0.1) is 5.10 Å². The van der Waals surface area contributed by atoms with Crippen molar-refractivity contribution in [3.8, 4) is 5.75 Å². The van der Waals surface area contributed by atoms with Crippen LogP contribution in [0.3, 0.4) is 0 Å². The molecule has 0 bridgehead atoms. The van der Waals surface area contributed by atoms with Crippen molar-refractivity contribution in [3.05, 3.63) is 39.8 Å². The average Bonchev–Trinajstić information content (AvgIpc) is 2.82. The maximum absolute atomic E-state index is 6.08. The summed E-state index contributed by atoms with van der Waals surface area (Å²) in [5, 5.41) is 4.85. The molecule has 2 rings (SSSR count). The van der Waals surface area contributed by atoms with Crippen molar-refractivity contribution < 1.29 is 9.47 Å². The summed E-state index contributed by atoms with van der Waals surface area (Å²) in [6, 6.07) is 8.47. The molecule has 0 unspecified atom stereocenters. The van der Waals surface area contributed by atoms with Crippen LogP contribution in [0.5, 0.6) is 5.75 Å². The van der Waals surface area contributed by atoms with Crippen LogP contribution in [0.2, 0.25) is 30.7 Å². The highest BCUT2D eigenvalue weighted by atomic mass is 79.9. The summed E-state index contributed by atoms with van der Waals surface area (Å²) in [4.78, 5) is 4.31. The molecule has 8 heteroatoms. The van der Waals surface area contributed by atoms with E-state index in [9.17, 15) is 0 Å². The van der Waals surface area contributed by atoms with Crippen LogP contribution in [0.4, 0.5) is 0 Å². The molecule has 0 atom stereocenters. The fraction of sp³-hybridized carbons (Fsp3) is 0.467. The van der Waals surface area contributed by atoms with Gasteiger partial charge >= 0.3 is 0 Å². The van der Waals surface area contributed by atoms with Crippen LogP contribution >= 0.6 is 27.5 Å². The first-order valence-electron chi connectivity index (χ1n) is 7.39. The molecule has 5 nitrogen and oxygen atoms in total. The lowest BCUT2D eigenvalue weighted by atomic mass is 10.3. The molecule has 0 fully saturated rings. The molecule has 0 amide bonds. The SMILES string of the molecule is C[Si](C)(C)CCOCn1nc(Br)nc1COc1ccccc1Cl. The van der Waals surface area contributed by atoms with E-state index in [0.29, 0.717) is 28.1 Å². The first-order chi connectivity index (χ1) is 10.8. The van der Waals surface area contributed by atoms with Gasteiger partial charge in [0.1, 0.15) is 19.1 Å². The summed E-state index contributed by atoms with van der Waals surface area (Å²) in [6.45, 7) is 8.35. The molecule has 0 saturated heterocycles. The Kier molecular flexibility index (Phi) is 6.64. The Bertz CT molecular complexity index is 646. The number of aromatic nitrogens is 3. The van der Waals surface area contributed by atoms with Crippen LogP contribution in [0, 0.1) is 0 Å². The highest BCUT2D eigenvalue weighted by Crippen LogP contribution is 2.24. The maximum atomic E-state index is 6.08.